The van der Waals surface area contributed by atoms with Gasteiger partial charge >= 0.3 is 0 Å². The third-order valence-electron chi connectivity index (χ3n) is 4.87. The van der Waals surface area contributed by atoms with Crippen LogP contribution in [0.5, 0.6) is 0 Å². The molecule has 1 amide bonds. The fourth-order valence-electron chi connectivity index (χ4n) is 3.27. The summed E-state index contributed by atoms with van der Waals surface area (Å²) in [6.45, 7) is 6.14. The molecule has 3 rings (SSSR count). The number of carbonyl (C=O) groups is 1. The summed E-state index contributed by atoms with van der Waals surface area (Å²) in [4.78, 5) is 14.9. The Kier molecular flexibility index (Phi) is 7.61. The average Bonchev–Trinajstić information content (AvgIpc) is 2.74. The van der Waals surface area contributed by atoms with Gasteiger partial charge in [-0.25, -0.2) is 0 Å². The summed E-state index contributed by atoms with van der Waals surface area (Å²) >= 11 is 12.5. The molecule has 30 heavy (non-hydrogen) atoms. The third kappa shape index (κ3) is 5.47. The average molecular weight is 442 g/mol. The molecule has 0 aromatic heterocycles. The van der Waals surface area contributed by atoms with Crippen LogP contribution >= 0.6 is 23.2 Å². The number of anilines is 4. The van der Waals surface area contributed by atoms with E-state index in [9.17, 15) is 4.79 Å². The van der Waals surface area contributed by atoms with E-state index in [-0.39, 0.29) is 12.3 Å². The van der Waals surface area contributed by atoms with Crippen molar-refractivity contribution in [3.8, 4) is 0 Å². The Bertz CT molecular complexity index is 981. The molecule has 0 spiro atoms. The number of benzene rings is 3. The number of amides is 1. The zero-order chi connectivity index (χ0) is 21.5. The first-order valence-electron chi connectivity index (χ1n) is 9.95. The Balaban J connectivity index is 1.70. The standard InChI is InChI=1S/C24H25Cl2N3O/c1-3-29(4-2)19-14-12-18(13-15-19)27-23(30)16-17-8-5-6-11-22(17)28-24-20(25)9-7-10-21(24)26/h5-15,28H,3-4,16H2,1-2H3,(H,27,30). The van der Waals surface area contributed by atoms with Crippen molar-refractivity contribution in [1.29, 1.82) is 0 Å². The van der Waals surface area contributed by atoms with E-state index in [4.69, 9.17) is 23.2 Å². The molecular weight excluding hydrogens is 417 g/mol. The highest BCUT2D eigenvalue weighted by Gasteiger charge is 2.12. The maximum atomic E-state index is 12.7. The van der Waals surface area contributed by atoms with Crippen molar-refractivity contribution in [1.82, 2.24) is 0 Å². The van der Waals surface area contributed by atoms with Crippen molar-refractivity contribution >= 4 is 51.9 Å². The van der Waals surface area contributed by atoms with Crippen molar-refractivity contribution in [3.63, 3.8) is 0 Å². The first kappa shape index (κ1) is 22.0. The second kappa shape index (κ2) is 10.4. The van der Waals surface area contributed by atoms with Crippen LogP contribution in [0.25, 0.3) is 0 Å². The molecule has 3 aromatic rings. The highest BCUT2D eigenvalue weighted by molar-refractivity contribution is 6.39. The van der Waals surface area contributed by atoms with Crippen molar-refractivity contribution in [2.45, 2.75) is 20.3 Å². The van der Waals surface area contributed by atoms with Crippen LogP contribution < -0.4 is 15.5 Å². The summed E-state index contributed by atoms with van der Waals surface area (Å²) in [6.07, 6.45) is 0.225. The van der Waals surface area contributed by atoms with Gasteiger partial charge in [-0.05, 0) is 61.9 Å². The fraction of sp³-hybridized carbons (Fsp3) is 0.208. The van der Waals surface area contributed by atoms with E-state index in [0.717, 1.165) is 35.7 Å². The smallest absolute Gasteiger partial charge is 0.228 e. The zero-order valence-corrected chi connectivity index (χ0v) is 18.6. The molecule has 0 atom stereocenters. The van der Waals surface area contributed by atoms with Gasteiger partial charge in [0, 0.05) is 30.2 Å². The van der Waals surface area contributed by atoms with Crippen LogP contribution in [0.4, 0.5) is 22.7 Å². The lowest BCUT2D eigenvalue weighted by molar-refractivity contribution is -0.115. The number of carbonyl (C=O) groups excluding carboxylic acids is 1. The summed E-state index contributed by atoms with van der Waals surface area (Å²) in [6, 6.07) is 20.9. The van der Waals surface area contributed by atoms with Gasteiger partial charge in [0.05, 0.1) is 22.2 Å². The van der Waals surface area contributed by atoms with E-state index in [1.807, 2.05) is 48.5 Å². The molecule has 156 valence electrons. The minimum absolute atomic E-state index is 0.0925. The van der Waals surface area contributed by atoms with Crippen molar-refractivity contribution < 1.29 is 4.79 Å². The Morgan fingerprint density at radius 1 is 0.867 bits per heavy atom. The SMILES string of the molecule is CCN(CC)c1ccc(NC(=O)Cc2ccccc2Nc2c(Cl)cccc2Cl)cc1. The van der Waals surface area contributed by atoms with Crippen LogP contribution in [0.15, 0.2) is 66.7 Å². The van der Waals surface area contributed by atoms with Crippen LogP contribution in [0.3, 0.4) is 0 Å². The number of hydrogen-bond acceptors (Lipinski definition) is 3. The Hall–Kier alpha value is -2.69. The fourth-order valence-corrected chi connectivity index (χ4v) is 3.76. The predicted octanol–water partition coefficient (Wildman–Crippen LogP) is 6.76. The van der Waals surface area contributed by atoms with Crippen LogP contribution in [0, 0.1) is 0 Å². The number of halogens is 2. The minimum Gasteiger partial charge on any atom is -0.372 e. The Labute approximate surface area is 187 Å². The lowest BCUT2D eigenvalue weighted by Gasteiger charge is -2.21. The van der Waals surface area contributed by atoms with Crippen molar-refractivity contribution in [3.05, 3.63) is 82.3 Å². The molecule has 4 nitrogen and oxygen atoms in total. The van der Waals surface area contributed by atoms with E-state index < -0.39 is 0 Å². The summed E-state index contributed by atoms with van der Waals surface area (Å²) in [5.41, 5.74) is 4.19. The van der Waals surface area contributed by atoms with Crippen molar-refractivity contribution in [2.75, 3.05) is 28.6 Å². The highest BCUT2D eigenvalue weighted by Crippen LogP contribution is 2.33. The van der Waals surface area contributed by atoms with Gasteiger partial charge < -0.3 is 15.5 Å². The number of rotatable bonds is 8. The van der Waals surface area contributed by atoms with Gasteiger partial charge in [-0.15, -0.1) is 0 Å². The third-order valence-corrected chi connectivity index (χ3v) is 5.50. The van der Waals surface area contributed by atoms with Crippen LogP contribution in [0.2, 0.25) is 10.0 Å². The molecule has 0 aliphatic rings. The van der Waals surface area contributed by atoms with Gasteiger partial charge in [-0.1, -0.05) is 47.5 Å². The molecule has 0 unspecified atom stereocenters. The van der Waals surface area contributed by atoms with Gasteiger partial charge in [-0.2, -0.15) is 0 Å². The molecule has 0 aliphatic heterocycles. The second-order valence-electron chi connectivity index (χ2n) is 6.82. The molecule has 0 radical (unpaired) electrons. The monoisotopic (exact) mass is 441 g/mol. The summed E-state index contributed by atoms with van der Waals surface area (Å²) in [5, 5.41) is 7.28. The molecular formula is C24H25Cl2N3O. The minimum atomic E-state index is -0.0925. The number of nitrogens with one attached hydrogen (secondary N) is 2. The molecule has 3 aromatic carbocycles. The van der Waals surface area contributed by atoms with E-state index >= 15 is 0 Å². The summed E-state index contributed by atoms with van der Waals surface area (Å²) in [7, 11) is 0. The van der Waals surface area contributed by atoms with Gasteiger partial charge in [0.1, 0.15) is 0 Å². The highest BCUT2D eigenvalue weighted by atomic mass is 35.5. The molecule has 0 heterocycles. The lowest BCUT2D eigenvalue weighted by Crippen LogP contribution is -2.21. The first-order valence-corrected chi connectivity index (χ1v) is 10.7. The first-order chi connectivity index (χ1) is 14.5. The van der Waals surface area contributed by atoms with E-state index in [2.05, 4.69) is 29.4 Å². The van der Waals surface area contributed by atoms with Crippen LogP contribution in [-0.2, 0) is 11.2 Å². The summed E-state index contributed by atoms with van der Waals surface area (Å²) in [5.74, 6) is -0.0925. The maximum Gasteiger partial charge on any atom is 0.228 e. The molecule has 0 fully saturated rings. The topological polar surface area (TPSA) is 44.4 Å². The van der Waals surface area contributed by atoms with Gasteiger partial charge in [0.15, 0.2) is 0 Å². The van der Waals surface area contributed by atoms with Crippen molar-refractivity contribution in [2.24, 2.45) is 0 Å². The van der Waals surface area contributed by atoms with Gasteiger partial charge in [0.2, 0.25) is 5.91 Å². The Morgan fingerprint density at radius 3 is 2.13 bits per heavy atom. The number of nitrogens with zero attached hydrogens (tertiary/aromatic N) is 1. The molecule has 0 aliphatic carbocycles. The molecule has 6 heteroatoms. The summed E-state index contributed by atoms with van der Waals surface area (Å²) < 4.78 is 0. The zero-order valence-electron chi connectivity index (χ0n) is 17.1. The normalized spacial score (nSPS) is 10.5. The molecule has 0 bridgehead atoms. The van der Waals surface area contributed by atoms with Gasteiger partial charge in [-0.3, -0.25) is 4.79 Å². The largest absolute Gasteiger partial charge is 0.372 e. The van der Waals surface area contributed by atoms with E-state index in [1.54, 1.807) is 18.2 Å². The maximum absolute atomic E-state index is 12.7. The molecule has 0 saturated carbocycles. The van der Waals surface area contributed by atoms with Crippen LogP contribution in [-0.4, -0.2) is 19.0 Å². The van der Waals surface area contributed by atoms with E-state index in [1.165, 1.54) is 0 Å². The molecule has 0 saturated heterocycles. The second-order valence-corrected chi connectivity index (χ2v) is 7.64. The van der Waals surface area contributed by atoms with Gasteiger partial charge in [0.25, 0.3) is 0 Å². The van der Waals surface area contributed by atoms with Crippen LogP contribution in [0.1, 0.15) is 19.4 Å². The Morgan fingerprint density at radius 2 is 1.50 bits per heavy atom. The predicted molar refractivity (Wildman–Crippen MR) is 129 cm³/mol. The molecule has 2 N–H and O–H groups in total. The van der Waals surface area contributed by atoms with E-state index in [0.29, 0.717) is 15.7 Å². The number of para-hydroxylation sites is 2. The lowest BCUT2D eigenvalue weighted by atomic mass is 10.1. The quantitative estimate of drug-likeness (QED) is 0.405. The number of hydrogen-bond donors (Lipinski definition) is 2.